The van der Waals surface area contributed by atoms with Crippen LogP contribution in [0.3, 0.4) is 0 Å². The predicted octanol–water partition coefficient (Wildman–Crippen LogP) is 3.23. The molecule has 108 valence electrons. The highest BCUT2D eigenvalue weighted by Crippen LogP contribution is 2.27. The van der Waals surface area contributed by atoms with Gasteiger partial charge in [0.05, 0.1) is 17.8 Å². The molecule has 2 amide bonds. The molecule has 0 saturated carbocycles. The molecule has 2 N–H and O–H groups in total. The van der Waals surface area contributed by atoms with Gasteiger partial charge in [-0.15, -0.1) is 0 Å². The van der Waals surface area contributed by atoms with E-state index in [9.17, 15) is 13.6 Å². The fourth-order valence-corrected chi connectivity index (χ4v) is 2.79. The van der Waals surface area contributed by atoms with E-state index in [1.807, 2.05) is 13.8 Å². The van der Waals surface area contributed by atoms with Crippen molar-refractivity contribution >= 4 is 45.0 Å². The minimum atomic E-state index is -0.859. The van der Waals surface area contributed by atoms with Gasteiger partial charge < -0.3 is 10.6 Å². The third kappa shape index (κ3) is 3.06. The lowest BCUT2D eigenvalue weighted by atomic mass is 10.1. The van der Waals surface area contributed by atoms with Crippen molar-refractivity contribution in [3.8, 4) is 0 Å². The summed E-state index contributed by atoms with van der Waals surface area (Å²) < 4.78 is 26.8. The van der Waals surface area contributed by atoms with E-state index in [0.29, 0.717) is 12.6 Å². The van der Waals surface area contributed by atoms with Crippen LogP contribution in [0.4, 0.5) is 19.3 Å². The van der Waals surface area contributed by atoms with Gasteiger partial charge in [-0.1, -0.05) is 0 Å². The van der Waals surface area contributed by atoms with E-state index in [1.165, 1.54) is 4.90 Å². The van der Waals surface area contributed by atoms with E-state index in [1.54, 1.807) is 0 Å². The van der Waals surface area contributed by atoms with Gasteiger partial charge in [-0.05, 0) is 48.1 Å². The average molecular weight is 364 g/mol. The van der Waals surface area contributed by atoms with Crippen LogP contribution in [0.2, 0.25) is 0 Å². The molecule has 0 spiro atoms. The van der Waals surface area contributed by atoms with Gasteiger partial charge in [0, 0.05) is 10.5 Å². The summed E-state index contributed by atoms with van der Waals surface area (Å²) in [7, 11) is 0. The highest BCUT2D eigenvalue weighted by Gasteiger charge is 2.36. The molecule has 0 aromatic heterocycles. The first-order valence-corrected chi connectivity index (χ1v) is 6.95. The molecule has 4 nitrogen and oxygen atoms in total. The molecule has 1 fully saturated rings. The second-order valence-corrected chi connectivity index (χ2v) is 6.32. The predicted molar refractivity (Wildman–Crippen MR) is 79.6 cm³/mol. The van der Waals surface area contributed by atoms with Crippen LogP contribution < -0.4 is 10.6 Å². The van der Waals surface area contributed by atoms with Crippen LogP contribution in [0.1, 0.15) is 13.8 Å². The second-order valence-electron chi connectivity index (χ2n) is 5.07. The normalized spacial score (nSPS) is 17.1. The SMILES string of the molecule is CC1(C)CN(C(=O)Nc2c(F)cc(F)cc2Br)C(=S)N1. The zero-order valence-corrected chi connectivity index (χ0v) is 13.2. The van der Waals surface area contributed by atoms with Crippen molar-refractivity contribution < 1.29 is 13.6 Å². The summed E-state index contributed by atoms with van der Waals surface area (Å²) >= 11 is 8.07. The van der Waals surface area contributed by atoms with Gasteiger partial charge >= 0.3 is 6.03 Å². The van der Waals surface area contributed by atoms with E-state index >= 15 is 0 Å². The molecular weight excluding hydrogens is 352 g/mol. The van der Waals surface area contributed by atoms with Gasteiger partial charge in [-0.2, -0.15) is 0 Å². The molecule has 1 aromatic carbocycles. The summed E-state index contributed by atoms with van der Waals surface area (Å²) in [5.74, 6) is -1.59. The summed E-state index contributed by atoms with van der Waals surface area (Å²) in [5.41, 5.74) is -0.462. The summed E-state index contributed by atoms with van der Waals surface area (Å²) in [5, 5.41) is 5.64. The number of anilines is 1. The Labute approximate surface area is 128 Å². The van der Waals surface area contributed by atoms with Gasteiger partial charge in [0.1, 0.15) is 5.82 Å². The molecule has 0 bridgehead atoms. The average Bonchev–Trinajstić information content (AvgIpc) is 2.57. The van der Waals surface area contributed by atoms with Gasteiger partial charge in [0.2, 0.25) is 0 Å². The monoisotopic (exact) mass is 363 g/mol. The van der Waals surface area contributed by atoms with Crippen LogP contribution in [0, 0.1) is 11.6 Å². The van der Waals surface area contributed by atoms with Gasteiger partial charge in [-0.25, -0.2) is 13.6 Å². The number of thiocarbonyl (C=S) groups is 1. The van der Waals surface area contributed by atoms with Gasteiger partial charge in [-0.3, -0.25) is 4.90 Å². The van der Waals surface area contributed by atoms with Crippen molar-refractivity contribution in [2.45, 2.75) is 19.4 Å². The third-order valence-electron chi connectivity index (χ3n) is 2.73. The third-order valence-corrected chi connectivity index (χ3v) is 3.68. The maximum absolute atomic E-state index is 13.7. The fourth-order valence-electron chi connectivity index (χ4n) is 1.86. The highest BCUT2D eigenvalue weighted by atomic mass is 79.9. The molecule has 1 aliphatic rings. The lowest BCUT2D eigenvalue weighted by molar-refractivity contribution is 0.233. The largest absolute Gasteiger partial charge is 0.355 e. The van der Waals surface area contributed by atoms with Crippen molar-refractivity contribution in [1.82, 2.24) is 10.2 Å². The Morgan fingerprint density at radius 2 is 2.15 bits per heavy atom. The maximum Gasteiger partial charge on any atom is 0.328 e. The Bertz CT molecular complexity index is 571. The molecule has 0 aliphatic carbocycles. The molecule has 1 heterocycles. The number of carbonyl (C=O) groups excluding carboxylic acids is 1. The number of rotatable bonds is 1. The van der Waals surface area contributed by atoms with E-state index in [4.69, 9.17) is 12.2 Å². The molecule has 8 heteroatoms. The van der Waals surface area contributed by atoms with E-state index in [2.05, 4.69) is 26.6 Å². The number of carbonyl (C=O) groups is 1. The molecular formula is C12H12BrF2N3OS. The number of benzene rings is 1. The van der Waals surface area contributed by atoms with Crippen LogP contribution >= 0.6 is 28.1 Å². The summed E-state index contributed by atoms with van der Waals surface area (Å²) in [6.07, 6.45) is 0. The van der Waals surface area contributed by atoms with Crippen LogP contribution in [-0.2, 0) is 0 Å². The minimum Gasteiger partial charge on any atom is -0.355 e. The van der Waals surface area contributed by atoms with E-state index in [-0.39, 0.29) is 20.8 Å². The first kappa shape index (κ1) is 15.1. The van der Waals surface area contributed by atoms with Crippen LogP contribution in [0.15, 0.2) is 16.6 Å². The summed E-state index contributed by atoms with van der Waals surface area (Å²) in [6.45, 7) is 4.14. The number of hydrogen-bond donors (Lipinski definition) is 2. The summed E-state index contributed by atoms with van der Waals surface area (Å²) in [4.78, 5) is 13.4. The number of hydrogen-bond acceptors (Lipinski definition) is 2. The van der Waals surface area contributed by atoms with E-state index in [0.717, 1.165) is 6.07 Å². The van der Waals surface area contributed by atoms with Gasteiger partial charge in [0.25, 0.3) is 0 Å². The van der Waals surface area contributed by atoms with Crippen molar-refractivity contribution in [3.63, 3.8) is 0 Å². The van der Waals surface area contributed by atoms with E-state index < -0.39 is 17.7 Å². The molecule has 2 rings (SSSR count). The molecule has 1 aliphatic heterocycles. The lowest BCUT2D eigenvalue weighted by Crippen LogP contribution is -2.37. The topological polar surface area (TPSA) is 44.4 Å². The standard InChI is InChI=1S/C12H12BrF2N3OS/c1-12(2)5-18(11(20)17-12)10(19)16-9-7(13)3-6(14)4-8(9)15/h3-4H,5H2,1-2H3,(H,16,19)(H,17,20). The number of urea groups is 1. The highest BCUT2D eigenvalue weighted by molar-refractivity contribution is 9.10. The quantitative estimate of drug-likeness (QED) is 0.753. The molecule has 0 radical (unpaired) electrons. The molecule has 1 saturated heterocycles. The number of amides is 2. The van der Waals surface area contributed by atoms with Gasteiger partial charge in [0.15, 0.2) is 10.9 Å². The first-order chi connectivity index (χ1) is 9.19. The lowest BCUT2D eigenvalue weighted by Gasteiger charge is -2.18. The zero-order valence-electron chi connectivity index (χ0n) is 10.8. The fraction of sp³-hybridized carbons (Fsp3) is 0.333. The number of halogens is 3. The Morgan fingerprint density at radius 1 is 1.50 bits per heavy atom. The Morgan fingerprint density at radius 3 is 2.65 bits per heavy atom. The first-order valence-electron chi connectivity index (χ1n) is 5.75. The summed E-state index contributed by atoms with van der Waals surface area (Å²) in [6, 6.07) is 1.20. The minimum absolute atomic E-state index is 0.121. The number of nitrogens with one attached hydrogen (secondary N) is 2. The van der Waals surface area contributed by atoms with Crippen LogP contribution in [-0.4, -0.2) is 28.1 Å². The van der Waals surface area contributed by atoms with Crippen molar-refractivity contribution in [1.29, 1.82) is 0 Å². The second kappa shape index (κ2) is 5.25. The smallest absolute Gasteiger partial charge is 0.328 e. The Balaban J connectivity index is 2.19. The molecule has 0 atom stereocenters. The van der Waals surface area contributed by atoms with Crippen molar-refractivity contribution in [2.75, 3.05) is 11.9 Å². The Kier molecular flexibility index (Phi) is 3.97. The van der Waals surface area contributed by atoms with Crippen LogP contribution in [0.25, 0.3) is 0 Å². The molecule has 0 unspecified atom stereocenters. The molecule has 1 aromatic rings. The zero-order chi connectivity index (χ0) is 15.1. The van der Waals surface area contributed by atoms with Crippen LogP contribution in [0.5, 0.6) is 0 Å². The maximum atomic E-state index is 13.7. The Hall–Kier alpha value is -1.28. The van der Waals surface area contributed by atoms with Crippen molar-refractivity contribution in [2.24, 2.45) is 0 Å². The number of nitrogens with zero attached hydrogens (tertiary/aromatic N) is 1. The molecule has 20 heavy (non-hydrogen) atoms. The van der Waals surface area contributed by atoms with Crippen molar-refractivity contribution in [3.05, 3.63) is 28.2 Å².